The van der Waals surface area contributed by atoms with Crippen molar-refractivity contribution in [3.8, 4) is 0 Å². The Morgan fingerprint density at radius 3 is 2.68 bits per heavy atom. The van der Waals surface area contributed by atoms with Crippen LogP contribution in [0.1, 0.15) is 28.2 Å². The molecule has 2 heterocycles. The van der Waals surface area contributed by atoms with Gasteiger partial charge in [-0.1, -0.05) is 0 Å². The molecule has 4 nitrogen and oxygen atoms in total. The van der Waals surface area contributed by atoms with E-state index in [9.17, 15) is 4.79 Å². The highest BCUT2D eigenvalue weighted by atomic mass is 32.1. The Morgan fingerprint density at radius 1 is 1.27 bits per heavy atom. The highest BCUT2D eigenvalue weighted by Gasteiger charge is 2.23. The number of carbonyl (C=O) groups excluding carboxylic acids is 1. The van der Waals surface area contributed by atoms with Crippen molar-refractivity contribution in [2.24, 2.45) is 0 Å². The van der Waals surface area contributed by atoms with E-state index in [4.69, 9.17) is 0 Å². The number of carbonyl (C=O) groups is 1. The summed E-state index contributed by atoms with van der Waals surface area (Å²) in [5.74, 6) is 0.162. The van der Waals surface area contributed by atoms with Gasteiger partial charge in [0.2, 0.25) is 5.91 Å². The number of thiophene rings is 1. The second-order valence-corrected chi connectivity index (χ2v) is 7.15. The van der Waals surface area contributed by atoms with Crippen LogP contribution in [0.25, 0.3) is 0 Å². The van der Waals surface area contributed by atoms with E-state index in [1.165, 1.54) is 22.6 Å². The molecule has 0 atom stereocenters. The summed E-state index contributed by atoms with van der Waals surface area (Å²) in [6.45, 7) is 3.83. The highest BCUT2D eigenvalue weighted by Crippen LogP contribution is 2.20. The zero-order valence-corrected chi connectivity index (χ0v) is 13.6. The van der Waals surface area contributed by atoms with Gasteiger partial charge in [0, 0.05) is 34.7 Å². The van der Waals surface area contributed by atoms with E-state index in [2.05, 4.69) is 29.4 Å². The van der Waals surface area contributed by atoms with Crippen molar-refractivity contribution in [2.45, 2.75) is 38.9 Å². The highest BCUT2D eigenvalue weighted by molar-refractivity contribution is 7.11. The quantitative estimate of drug-likeness (QED) is 0.854. The van der Waals surface area contributed by atoms with E-state index in [1.54, 1.807) is 23.7 Å². The fourth-order valence-electron chi connectivity index (χ4n) is 2.33. The Bertz CT molecular complexity index is 622. The van der Waals surface area contributed by atoms with Crippen LogP contribution in [0, 0.1) is 6.92 Å². The van der Waals surface area contributed by atoms with Crippen LogP contribution in [0.15, 0.2) is 36.7 Å². The third-order valence-corrected chi connectivity index (χ3v) is 4.72. The average Bonchev–Trinajstić information content (AvgIpc) is 3.27. The lowest BCUT2D eigenvalue weighted by Gasteiger charge is -2.22. The second kappa shape index (κ2) is 7.03. The van der Waals surface area contributed by atoms with Gasteiger partial charge in [-0.2, -0.15) is 0 Å². The lowest BCUT2D eigenvalue weighted by Crippen LogP contribution is -2.38. The van der Waals surface area contributed by atoms with E-state index >= 15 is 0 Å². The van der Waals surface area contributed by atoms with Gasteiger partial charge in [-0.05, 0) is 49.6 Å². The Morgan fingerprint density at radius 2 is 2.05 bits per heavy atom. The van der Waals surface area contributed by atoms with E-state index in [1.807, 2.05) is 17.0 Å². The molecule has 1 saturated carbocycles. The molecule has 1 aliphatic rings. The molecule has 1 amide bonds. The van der Waals surface area contributed by atoms with Crippen molar-refractivity contribution >= 4 is 17.2 Å². The van der Waals surface area contributed by atoms with Gasteiger partial charge in [0.15, 0.2) is 0 Å². The summed E-state index contributed by atoms with van der Waals surface area (Å²) >= 11 is 1.75. The van der Waals surface area contributed by atoms with Crippen molar-refractivity contribution < 1.29 is 4.79 Å². The topological polar surface area (TPSA) is 45.2 Å². The van der Waals surface area contributed by atoms with Gasteiger partial charge in [0.25, 0.3) is 0 Å². The van der Waals surface area contributed by atoms with Gasteiger partial charge in [0.1, 0.15) is 0 Å². The van der Waals surface area contributed by atoms with E-state index < -0.39 is 0 Å². The average molecular weight is 315 g/mol. The predicted octanol–water partition coefficient (Wildman–Crippen LogP) is 2.73. The maximum absolute atomic E-state index is 12.5. The minimum Gasteiger partial charge on any atom is -0.332 e. The molecule has 22 heavy (non-hydrogen) atoms. The number of aryl methyl sites for hydroxylation is 1. The monoisotopic (exact) mass is 315 g/mol. The molecule has 3 rings (SSSR count). The maximum Gasteiger partial charge on any atom is 0.237 e. The Hall–Kier alpha value is -1.72. The Balaban J connectivity index is 1.67. The summed E-state index contributed by atoms with van der Waals surface area (Å²) in [6.07, 6.45) is 5.94. The van der Waals surface area contributed by atoms with Gasteiger partial charge in [-0.15, -0.1) is 11.3 Å². The molecule has 0 aliphatic heterocycles. The summed E-state index contributed by atoms with van der Waals surface area (Å²) in [5, 5.41) is 3.31. The molecule has 0 radical (unpaired) electrons. The van der Waals surface area contributed by atoms with E-state index in [0.717, 1.165) is 5.56 Å². The molecule has 2 aromatic heterocycles. The number of hydrogen-bond donors (Lipinski definition) is 1. The number of pyridine rings is 1. The van der Waals surface area contributed by atoms with Crippen LogP contribution in [-0.2, 0) is 17.9 Å². The zero-order chi connectivity index (χ0) is 15.4. The summed E-state index contributed by atoms with van der Waals surface area (Å²) in [6, 6.07) is 8.71. The van der Waals surface area contributed by atoms with Gasteiger partial charge in [-0.3, -0.25) is 9.78 Å². The summed E-state index contributed by atoms with van der Waals surface area (Å²) in [7, 11) is 0. The Kier molecular flexibility index (Phi) is 4.85. The molecular formula is C17H21N3OS. The molecule has 1 aliphatic carbocycles. The molecule has 116 valence electrons. The van der Waals surface area contributed by atoms with Crippen LogP contribution in [0.5, 0.6) is 0 Å². The van der Waals surface area contributed by atoms with Crippen LogP contribution in [-0.4, -0.2) is 28.4 Å². The summed E-state index contributed by atoms with van der Waals surface area (Å²) in [5.41, 5.74) is 1.11. The molecule has 0 bridgehead atoms. The predicted molar refractivity (Wildman–Crippen MR) is 88.6 cm³/mol. The molecular weight excluding hydrogens is 294 g/mol. The smallest absolute Gasteiger partial charge is 0.237 e. The normalized spacial score (nSPS) is 14.0. The van der Waals surface area contributed by atoms with Gasteiger partial charge in [-0.25, -0.2) is 0 Å². The number of rotatable bonds is 7. The SMILES string of the molecule is Cc1ccc(CN(Cc2ccncc2)C(=O)CNC2CC2)s1. The van der Waals surface area contributed by atoms with Gasteiger partial charge < -0.3 is 10.2 Å². The molecule has 0 aromatic carbocycles. The first kappa shape index (κ1) is 15.2. The van der Waals surface area contributed by atoms with Crippen molar-refractivity contribution in [2.75, 3.05) is 6.54 Å². The van der Waals surface area contributed by atoms with Crippen molar-refractivity contribution in [1.82, 2.24) is 15.2 Å². The number of nitrogens with zero attached hydrogens (tertiary/aromatic N) is 2. The van der Waals surface area contributed by atoms with Crippen LogP contribution in [0.3, 0.4) is 0 Å². The number of aromatic nitrogens is 1. The zero-order valence-electron chi connectivity index (χ0n) is 12.8. The lowest BCUT2D eigenvalue weighted by atomic mass is 10.2. The second-order valence-electron chi connectivity index (χ2n) is 5.77. The maximum atomic E-state index is 12.5. The first-order chi connectivity index (χ1) is 10.7. The third-order valence-electron chi connectivity index (χ3n) is 3.74. The minimum absolute atomic E-state index is 0.162. The molecule has 2 aromatic rings. The van der Waals surface area contributed by atoms with Crippen LogP contribution < -0.4 is 5.32 Å². The fourth-order valence-corrected chi connectivity index (χ4v) is 3.24. The van der Waals surface area contributed by atoms with Gasteiger partial charge >= 0.3 is 0 Å². The van der Waals surface area contributed by atoms with Crippen LogP contribution in [0.4, 0.5) is 0 Å². The van der Waals surface area contributed by atoms with Crippen LogP contribution in [0.2, 0.25) is 0 Å². The van der Waals surface area contributed by atoms with Gasteiger partial charge in [0.05, 0.1) is 13.1 Å². The summed E-state index contributed by atoms with van der Waals surface area (Å²) < 4.78 is 0. The van der Waals surface area contributed by atoms with Crippen molar-refractivity contribution in [3.05, 3.63) is 52.0 Å². The minimum atomic E-state index is 0.162. The number of hydrogen-bond acceptors (Lipinski definition) is 4. The Labute approximate surface area is 135 Å². The molecule has 0 spiro atoms. The number of nitrogens with one attached hydrogen (secondary N) is 1. The lowest BCUT2D eigenvalue weighted by molar-refractivity contribution is -0.131. The molecule has 5 heteroatoms. The fraction of sp³-hybridized carbons (Fsp3) is 0.412. The largest absolute Gasteiger partial charge is 0.332 e. The molecule has 1 N–H and O–H groups in total. The first-order valence-corrected chi connectivity index (χ1v) is 8.48. The third kappa shape index (κ3) is 4.39. The van der Waals surface area contributed by atoms with E-state index in [-0.39, 0.29) is 5.91 Å². The summed E-state index contributed by atoms with van der Waals surface area (Å²) in [4.78, 5) is 21.0. The van der Waals surface area contributed by atoms with Crippen molar-refractivity contribution in [3.63, 3.8) is 0 Å². The van der Waals surface area contributed by atoms with E-state index in [0.29, 0.717) is 25.7 Å². The van der Waals surface area contributed by atoms with Crippen molar-refractivity contribution in [1.29, 1.82) is 0 Å². The first-order valence-electron chi connectivity index (χ1n) is 7.66. The number of amides is 1. The molecule has 0 unspecified atom stereocenters. The molecule has 0 saturated heterocycles. The standard InChI is InChI=1S/C17H21N3OS/c1-13-2-5-16(22-13)12-20(11-14-6-8-18-9-7-14)17(21)10-19-15-3-4-15/h2,5-9,15,19H,3-4,10-12H2,1H3. The van der Waals surface area contributed by atoms with Crippen LogP contribution >= 0.6 is 11.3 Å². The molecule has 1 fully saturated rings.